The zero-order valence-electron chi connectivity index (χ0n) is 12.9. The Morgan fingerprint density at radius 2 is 1.75 bits per heavy atom. The first-order valence-electron chi connectivity index (χ1n) is 7.21. The van der Waals surface area contributed by atoms with Crippen LogP contribution in [0.2, 0.25) is 5.02 Å². The van der Waals surface area contributed by atoms with Crippen molar-refractivity contribution in [3.05, 3.63) is 71.2 Å². The van der Waals surface area contributed by atoms with E-state index in [1.807, 2.05) is 30.3 Å². The van der Waals surface area contributed by atoms with Crippen molar-refractivity contribution in [3.63, 3.8) is 0 Å². The maximum atomic E-state index is 12.3. The first-order valence-corrected chi connectivity index (χ1v) is 7.59. The Kier molecular flexibility index (Phi) is 4.72. The number of benzene rings is 2. The summed E-state index contributed by atoms with van der Waals surface area (Å²) in [6, 6.07) is 17.7. The maximum absolute atomic E-state index is 12.3. The predicted octanol–water partition coefficient (Wildman–Crippen LogP) is 4.06. The second kappa shape index (κ2) is 7.10. The smallest absolute Gasteiger partial charge is 0.255 e. The number of aromatic nitrogens is 2. The lowest BCUT2D eigenvalue weighted by atomic mass is 10.1. The highest BCUT2D eigenvalue weighted by molar-refractivity contribution is 6.33. The van der Waals surface area contributed by atoms with Gasteiger partial charge in [-0.05, 0) is 30.3 Å². The lowest BCUT2D eigenvalue weighted by Gasteiger charge is -2.07. The third-order valence-electron chi connectivity index (χ3n) is 3.41. The van der Waals surface area contributed by atoms with Gasteiger partial charge in [-0.15, -0.1) is 10.2 Å². The van der Waals surface area contributed by atoms with Crippen LogP contribution >= 0.6 is 11.6 Å². The first-order chi connectivity index (χ1) is 11.7. The molecule has 0 atom stereocenters. The number of para-hydroxylation sites is 1. The number of hydrogen-bond donors (Lipinski definition) is 1. The molecule has 24 heavy (non-hydrogen) atoms. The maximum Gasteiger partial charge on any atom is 0.255 e. The van der Waals surface area contributed by atoms with Crippen molar-refractivity contribution >= 4 is 23.2 Å². The average Bonchev–Trinajstić information content (AvgIpc) is 2.64. The number of carbonyl (C=O) groups is 1. The van der Waals surface area contributed by atoms with E-state index in [1.54, 1.807) is 30.3 Å². The van der Waals surface area contributed by atoms with E-state index in [2.05, 4.69) is 15.5 Å². The van der Waals surface area contributed by atoms with Gasteiger partial charge in [-0.25, -0.2) is 0 Å². The van der Waals surface area contributed by atoms with Crippen molar-refractivity contribution in [1.29, 1.82) is 0 Å². The number of hydrogen-bond acceptors (Lipinski definition) is 4. The largest absolute Gasteiger partial charge is 0.480 e. The molecule has 1 heterocycles. The Balaban J connectivity index is 1.76. The van der Waals surface area contributed by atoms with E-state index in [-0.39, 0.29) is 5.91 Å². The summed E-state index contributed by atoms with van der Waals surface area (Å²) in [6.45, 7) is 0. The van der Waals surface area contributed by atoms with Gasteiger partial charge in [0.25, 0.3) is 5.91 Å². The zero-order chi connectivity index (χ0) is 16.9. The quantitative estimate of drug-likeness (QED) is 0.778. The summed E-state index contributed by atoms with van der Waals surface area (Å²) in [4.78, 5) is 12.3. The van der Waals surface area contributed by atoms with Gasteiger partial charge in [0.2, 0.25) is 5.88 Å². The Morgan fingerprint density at radius 1 is 1.00 bits per heavy atom. The van der Waals surface area contributed by atoms with Gasteiger partial charge < -0.3 is 10.1 Å². The molecule has 3 rings (SSSR count). The molecule has 5 nitrogen and oxygen atoms in total. The molecule has 120 valence electrons. The highest BCUT2D eigenvalue weighted by Gasteiger charge is 2.09. The van der Waals surface area contributed by atoms with Gasteiger partial charge in [-0.1, -0.05) is 35.9 Å². The number of nitrogens with zero attached hydrogens (tertiary/aromatic N) is 2. The fourth-order valence-corrected chi connectivity index (χ4v) is 2.32. The van der Waals surface area contributed by atoms with Crippen molar-refractivity contribution in [2.24, 2.45) is 0 Å². The number of nitrogens with one attached hydrogen (secondary N) is 1. The molecule has 2 aromatic carbocycles. The molecule has 6 heteroatoms. The normalized spacial score (nSPS) is 10.2. The van der Waals surface area contributed by atoms with Crippen LogP contribution in [-0.4, -0.2) is 23.2 Å². The van der Waals surface area contributed by atoms with Crippen LogP contribution in [0.4, 0.5) is 5.69 Å². The van der Waals surface area contributed by atoms with E-state index >= 15 is 0 Å². The fourth-order valence-electron chi connectivity index (χ4n) is 2.13. The van der Waals surface area contributed by atoms with Crippen LogP contribution < -0.4 is 10.1 Å². The van der Waals surface area contributed by atoms with Gasteiger partial charge in [0.05, 0.1) is 23.5 Å². The monoisotopic (exact) mass is 339 g/mol. The Labute approximate surface area is 144 Å². The summed E-state index contributed by atoms with van der Waals surface area (Å²) < 4.78 is 4.98. The summed E-state index contributed by atoms with van der Waals surface area (Å²) in [5.41, 5.74) is 2.67. The van der Waals surface area contributed by atoms with Crippen LogP contribution in [0.5, 0.6) is 5.88 Å². The molecule has 0 radical (unpaired) electrons. The van der Waals surface area contributed by atoms with Gasteiger partial charge in [0, 0.05) is 17.2 Å². The van der Waals surface area contributed by atoms with Crippen molar-refractivity contribution in [2.75, 3.05) is 12.4 Å². The molecule has 0 unspecified atom stereocenters. The number of ether oxygens (including phenoxy) is 1. The molecule has 0 aliphatic heterocycles. The molecule has 0 spiro atoms. The van der Waals surface area contributed by atoms with Crippen LogP contribution in [0, 0.1) is 0 Å². The molecule has 0 aliphatic carbocycles. The van der Waals surface area contributed by atoms with E-state index in [0.29, 0.717) is 27.8 Å². The third kappa shape index (κ3) is 3.52. The van der Waals surface area contributed by atoms with Crippen molar-refractivity contribution in [1.82, 2.24) is 10.2 Å². The highest BCUT2D eigenvalue weighted by atomic mass is 35.5. The number of halogens is 1. The summed E-state index contributed by atoms with van der Waals surface area (Å²) in [6.07, 6.45) is 0. The van der Waals surface area contributed by atoms with Crippen LogP contribution in [-0.2, 0) is 0 Å². The molecule has 0 aliphatic rings. The lowest BCUT2D eigenvalue weighted by molar-refractivity contribution is 0.102. The Morgan fingerprint density at radius 3 is 2.38 bits per heavy atom. The van der Waals surface area contributed by atoms with E-state index in [1.165, 1.54) is 7.11 Å². The molecule has 0 bridgehead atoms. The number of amides is 1. The molecular formula is C18H14ClN3O2. The van der Waals surface area contributed by atoms with Crippen LogP contribution in [0.3, 0.4) is 0 Å². The molecule has 1 N–H and O–H groups in total. The van der Waals surface area contributed by atoms with Crippen LogP contribution in [0.15, 0.2) is 60.7 Å². The van der Waals surface area contributed by atoms with Gasteiger partial charge in [0.1, 0.15) is 0 Å². The number of anilines is 1. The molecule has 1 amide bonds. The molecule has 0 saturated carbocycles. The molecule has 1 aromatic heterocycles. The first kappa shape index (κ1) is 16.0. The van der Waals surface area contributed by atoms with Crippen molar-refractivity contribution in [3.8, 4) is 17.1 Å². The summed E-state index contributed by atoms with van der Waals surface area (Å²) in [7, 11) is 1.54. The number of methoxy groups -OCH3 is 1. The van der Waals surface area contributed by atoms with Gasteiger partial charge in [-0.2, -0.15) is 0 Å². The topological polar surface area (TPSA) is 64.1 Å². The molecule has 3 aromatic rings. The van der Waals surface area contributed by atoms with Gasteiger partial charge in [-0.3, -0.25) is 4.79 Å². The molecule has 0 saturated heterocycles. The van der Waals surface area contributed by atoms with Crippen molar-refractivity contribution in [2.45, 2.75) is 0 Å². The number of carbonyl (C=O) groups excluding carboxylic acids is 1. The minimum Gasteiger partial charge on any atom is -0.480 e. The summed E-state index contributed by atoms with van der Waals surface area (Å²) in [5.74, 6) is 0.227. The Hall–Kier alpha value is -2.92. The average molecular weight is 340 g/mol. The standard InChI is InChI=1S/C18H14ClN3O2/c1-24-17-11-10-15(21-22-17)12-6-8-13(9-7-12)18(23)20-16-5-3-2-4-14(16)19/h2-11H,1H3,(H,20,23). The summed E-state index contributed by atoms with van der Waals surface area (Å²) in [5, 5.41) is 11.3. The number of rotatable bonds is 4. The lowest BCUT2D eigenvalue weighted by Crippen LogP contribution is -2.12. The molecule has 0 fully saturated rings. The van der Waals surface area contributed by atoms with Crippen LogP contribution in [0.1, 0.15) is 10.4 Å². The zero-order valence-corrected chi connectivity index (χ0v) is 13.6. The van der Waals surface area contributed by atoms with E-state index in [4.69, 9.17) is 16.3 Å². The van der Waals surface area contributed by atoms with E-state index in [9.17, 15) is 4.79 Å². The van der Waals surface area contributed by atoms with E-state index < -0.39 is 0 Å². The highest BCUT2D eigenvalue weighted by Crippen LogP contribution is 2.22. The second-order valence-electron chi connectivity index (χ2n) is 4.97. The van der Waals surface area contributed by atoms with E-state index in [0.717, 1.165) is 5.56 Å². The third-order valence-corrected chi connectivity index (χ3v) is 3.74. The minimum absolute atomic E-state index is 0.226. The fraction of sp³-hybridized carbons (Fsp3) is 0.0556. The Bertz CT molecular complexity index is 849. The van der Waals surface area contributed by atoms with Gasteiger partial charge >= 0.3 is 0 Å². The van der Waals surface area contributed by atoms with Crippen molar-refractivity contribution < 1.29 is 9.53 Å². The van der Waals surface area contributed by atoms with Crippen LogP contribution in [0.25, 0.3) is 11.3 Å². The predicted molar refractivity (Wildman–Crippen MR) is 93.4 cm³/mol. The summed E-state index contributed by atoms with van der Waals surface area (Å²) >= 11 is 6.05. The molecular weight excluding hydrogens is 326 g/mol. The second-order valence-corrected chi connectivity index (χ2v) is 5.38. The SMILES string of the molecule is COc1ccc(-c2ccc(C(=O)Nc3ccccc3Cl)cc2)nn1. The van der Waals surface area contributed by atoms with Gasteiger partial charge in [0.15, 0.2) is 0 Å². The minimum atomic E-state index is -0.226.